The Morgan fingerprint density at radius 2 is 1.88 bits per heavy atom. The second-order valence-corrected chi connectivity index (χ2v) is 11.9. The molecule has 93 valence electrons. The molecule has 1 aliphatic carbocycles. The Bertz CT molecular complexity index is 271. The lowest BCUT2D eigenvalue weighted by Crippen LogP contribution is -2.48. The van der Waals surface area contributed by atoms with Crippen LogP contribution >= 0.6 is 0 Å². The Labute approximate surface area is 102 Å². The number of hydrogen-bond donors (Lipinski definition) is 0. The smallest absolute Gasteiger partial charge is 0.192 e. The van der Waals surface area contributed by atoms with E-state index in [1.807, 2.05) is 0 Å². The molecule has 1 radical (unpaired) electrons. The van der Waals surface area contributed by atoms with Crippen LogP contribution in [0.25, 0.3) is 0 Å². The van der Waals surface area contributed by atoms with Crippen molar-refractivity contribution in [2.75, 3.05) is 0 Å². The first-order valence-corrected chi connectivity index (χ1v) is 9.20. The zero-order chi connectivity index (χ0) is 12.6. The maximum Gasteiger partial charge on any atom is 0.192 e. The van der Waals surface area contributed by atoms with Crippen LogP contribution in [0.1, 0.15) is 47.5 Å². The molecule has 1 nitrogen and oxygen atoms in total. The van der Waals surface area contributed by atoms with Crippen molar-refractivity contribution < 1.29 is 4.43 Å². The normalized spacial score (nSPS) is 25.8. The largest absolute Gasteiger partial charge is 0.413 e. The minimum atomic E-state index is -1.64. The first-order valence-electron chi connectivity index (χ1n) is 6.29. The van der Waals surface area contributed by atoms with Crippen molar-refractivity contribution in [1.82, 2.24) is 0 Å². The van der Waals surface area contributed by atoms with E-state index >= 15 is 0 Å². The van der Waals surface area contributed by atoms with Gasteiger partial charge in [-0.1, -0.05) is 40.7 Å². The Kier molecular flexibility index (Phi) is 3.76. The van der Waals surface area contributed by atoms with E-state index in [0.29, 0.717) is 11.1 Å². The Balaban J connectivity index is 2.77. The van der Waals surface area contributed by atoms with Crippen LogP contribution in [0.15, 0.2) is 6.08 Å². The molecule has 0 heterocycles. The van der Waals surface area contributed by atoms with Crippen molar-refractivity contribution in [2.45, 2.75) is 71.7 Å². The summed E-state index contributed by atoms with van der Waals surface area (Å²) in [4.78, 5) is 0. The summed E-state index contributed by atoms with van der Waals surface area (Å²) in [7, 11) is -1.64. The van der Waals surface area contributed by atoms with Gasteiger partial charge >= 0.3 is 0 Å². The molecule has 0 spiro atoms. The van der Waals surface area contributed by atoms with Gasteiger partial charge in [0.05, 0.1) is 6.10 Å². The molecule has 1 rings (SSSR count). The summed E-state index contributed by atoms with van der Waals surface area (Å²) in [5, 5.41) is 0.296. The number of allylic oxidation sites excluding steroid dienone is 1. The molecule has 1 unspecified atom stereocenters. The first-order chi connectivity index (χ1) is 7.06. The van der Waals surface area contributed by atoms with E-state index in [1.54, 1.807) is 0 Å². The predicted molar refractivity (Wildman–Crippen MR) is 72.9 cm³/mol. The van der Waals surface area contributed by atoms with E-state index in [-0.39, 0.29) is 5.41 Å². The lowest BCUT2D eigenvalue weighted by Gasteiger charge is -2.45. The zero-order valence-corrected chi connectivity index (χ0v) is 13.0. The maximum atomic E-state index is 6.51. The van der Waals surface area contributed by atoms with Crippen LogP contribution in [0.3, 0.4) is 0 Å². The van der Waals surface area contributed by atoms with Crippen molar-refractivity contribution in [3.05, 3.63) is 12.2 Å². The van der Waals surface area contributed by atoms with Crippen LogP contribution in [0.2, 0.25) is 18.1 Å². The van der Waals surface area contributed by atoms with E-state index in [2.05, 4.69) is 59.9 Å². The second kappa shape index (κ2) is 4.30. The highest BCUT2D eigenvalue weighted by Gasteiger charge is 2.42. The van der Waals surface area contributed by atoms with E-state index in [1.165, 1.54) is 0 Å². The highest BCUT2D eigenvalue weighted by Crippen LogP contribution is 2.42. The minimum Gasteiger partial charge on any atom is -0.413 e. The third-order valence-electron chi connectivity index (χ3n) is 4.19. The van der Waals surface area contributed by atoms with Gasteiger partial charge in [-0.25, -0.2) is 0 Å². The molecule has 0 saturated heterocycles. The highest BCUT2D eigenvalue weighted by atomic mass is 28.4. The fourth-order valence-electron chi connectivity index (χ4n) is 1.67. The lowest BCUT2D eigenvalue weighted by molar-refractivity contribution is 0.0567. The molecule has 0 bridgehead atoms. The van der Waals surface area contributed by atoms with Crippen LogP contribution in [-0.2, 0) is 4.43 Å². The van der Waals surface area contributed by atoms with Crippen molar-refractivity contribution in [2.24, 2.45) is 5.41 Å². The van der Waals surface area contributed by atoms with E-state index in [0.717, 1.165) is 12.8 Å². The fourth-order valence-corrected chi connectivity index (χ4v) is 3.13. The van der Waals surface area contributed by atoms with E-state index in [9.17, 15) is 0 Å². The molecular formula is C14H27OSi. The van der Waals surface area contributed by atoms with E-state index in [4.69, 9.17) is 4.43 Å². The molecule has 1 atom stereocenters. The molecule has 0 saturated carbocycles. The summed E-state index contributed by atoms with van der Waals surface area (Å²) in [6.07, 6.45) is 7.90. The Morgan fingerprint density at radius 1 is 1.31 bits per heavy atom. The molecule has 1 aliphatic rings. The van der Waals surface area contributed by atoms with Crippen molar-refractivity contribution in [1.29, 1.82) is 0 Å². The van der Waals surface area contributed by atoms with Gasteiger partial charge in [-0.15, -0.1) is 0 Å². The zero-order valence-electron chi connectivity index (χ0n) is 12.0. The molecule has 0 fully saturated rings. The molecule has 0 amide bonds. The summed E-state index contributed by atoms with van der Waals surface area (Å²) in [5.41, 5.74) is 0.265. The molecule has 16 heavy (non-hydrogen) atoms. The molecule has 0 aromatic rings. The number of rotatable bonds is 2. The standard InChI is InChI=1S/C14H27OSi/c1-13(2,3)16(6,7)15-12-10-8-9-11-14(12,4)5/h9,12H,10-11H2,1-7H3. The fraction of sp³-hybridized carbons (Fsp3) is 0.857. The van der Waals surface area contributed by atoms with Crippen LogP contribution in [0.5, 0.6) is 0 Å². The van der Waals surface area contributed by atoms with Gasteiger partial charge in [0.2, 0.25) is 0 Å². The summed E-state index contributed by atoms with van der Waals surface area (Å²) < 4.78 is 6.51. The molecular weight excluding hydrogens is 212 g/mol. The molecule has 0 aromatic heterocycles. The van der Waals surface area contributed by atoms with Gasteiger partial charge in [-0.05, 0) is 42.5 Å². The lowest BCUT2D eigenvalue weighted by atomic mass is 9.78. The average Bonchev–Trinajstić information content (AvgIpc) is 2.06. The molecule has 0 aromatic carbocycles. The third kappa shape index (κ3) is 2.98. The SMILES string of the molecule is CC1(C)CC=[C]CC1O[Si](C)(C)C(C)(C)C. The molecule has 2 heteroatoms. The van der Waals surface area contributed by atoms with Gasteiger partial charge in [-0.3, -0.25) is 0 Å². The summed E-state index contributed by atoms with van der Waals surface area (Å²) in [6.45, 7) is 16.2. The van der Waals surface area contributed by atoms with Gasteiger partial charge in [-0.2, -0.15) is 0 Å². The van der Waals surface area contributed by atoms with Crippen molar-refractivity contribution >= 4 is 8.32 Å². The quantitative estimate of drug-likeness (QED) is 0.642. The van der Waals surface area contributed by atoms with Gasteiger partial charge in [0.1, 0.15) is 0 Å². The van der Waals surface area contributed by atoms with Gasteiger partial charge < -0.3 is 4.43 Å². The summed E-state index contributed by atoms with van der Waals surface area (Å²) in [5.74, 6) is 0. The number of hydrogen-bond acceptors (Lipinski definition) is 1. The van der Waals surface area contributed by atoms with Crippen LogP contribution in [0, 0.1) is 11.5 Å². The monoisotopic (exact) mass is 239 g/mol. The second-order valence-electron chi connectivity index (χ2n) is 7.17. The van der Waals surface area contributed by atoms with Crippen LogP contribution < -0.4 is 0 Å². The third-order valence-corrected chi connectivity index (χ3v) is 8.68. The predicted octanol–water partition coefficient (Wildman–Crippen LogP) is 4.56. The van der Waals surface area contributed by atoms with Crippen molar-refractivity contribution in [3.63, 3.8) is 0 Å². The van der Waals surface area contributed by atoms with Gasteiger partial charge in [0.25, 0.3) is 0 Å². The average molecular weight is 239 g/mol. The summed E-state index contributed by atoms with van der Waals surface area (Å²) in [6, 6.07) is 0. The topological polar surface area (TPSA) is 9.23 Å². The molecule has 0 N–H and O–H groups in total. The summed E-state index contributed by atoms with van der Waals surface area (Å²) >= 11 is 0. The Morgan fingerprint density at radius 3 is 2.31 bits per heavy atom. The van der Waals surface area contributed by atoms with Gasteiger partial charge in [0.15, 0.2) is 8.32 Å². The van der Waals surface area contributed by atoms with Gasteiger partial charge in [0, 0.05) is 0 Å². The van der Waals surface area contributed by atoms with Crippen LogP contribution in [0.4, 0.5) is 0 Å². The highest BCUT2D eigenvalue weighted by molar-refractivity contribution is 6.74. The first kappa shape index (κ1) is 14.0. The van der Waals surface area contributed by atoms with Crippen molar-refractivity contribution in [3.8, 4) is 0 Å². The molecule has 0 aliphatic heterocycles. The Hall–Kier alpha value is -0.0831. The van der Waals surface area contributed by atoms with E-state index < -0.39 is 8.32 Å². The van der Waals surface area contributed by atoms with Crippen LogP contribution in [-0.4, -0.2) is 14.4 Å². The minimum absolute atomic E-state index is 0.265. The maximum absolute atomic E-state index is 6.51.